The molecule has 0 unspecified atom stereocenters. The van der Waals surface area contributed by atoms with Crippen LogP contribution in [0.15, 0.2) is 83.7 Å². The first-order valence-electron chi connectivity index (χ1n) is 8.96. The fourth-order valence-electron chi connectivity index (χ4n) is 3.53. The molecule has 136 valence electrons. The topological polar surface area (TPSA) is 39.3 Å². The van der Waals surface area contributed by atoms with Crippen molar-refractivity contribution in [1.82, 2.24) is 14.2 Å². The lowest BCUT2D eigenvalue weighted by Crippen LogP contribution is -2.19. The molecule has 3 aromatic carbocycles. The van der Waals surface area contributed by atoms with Crippen molar-refractivity contribution in [3.8, 4) is 22.4 Å². The molecule has 2 aromatic heterocycles. The zero-order valence-electron chi connectivity index (χ0n) is 15.1. The van der Waals surface area contributed by atoms with E-state index in [0.29, 0.717) is 10.4 Å². The molecule has 0 saturated heterocycles. The Labute approximate surface area is 166 Å². The highest BCUT2D eigenvalue weighted by Crippen LogP contribution is 2.26. The van der Waals surface area contributed by atoms with Gasteiger partial charge < -0.3 is 0 Å². The van der Waals surface area contributed by atoms with Gasteiger partial charge in [-0.05, 0) is 35.4 Å². The van der Waals surface area contributed by atoms with E-state index in [1.165, 1.54) is 0 Å². The molecule has 5 aromatic rings. The number of rotatable bonds is 2. The lowest BCUT2D eigenvalue weighted by molar-refractivity contribution is 0.850. The van der Waals surface area contributed by atoms with Crippen molar-refractivity contribution in [2.24, 2.45) is 7.05 Å². The van der Waals surface area contributed by atoms with Crippen molar-refractivity contribution in [2.45, 2.75) is 0 Å². The van der Waals surface area contributed by atoms with Gasteiger partial charge in [0.05, 0.1) is 16.6 Å². The van der Waals surface area contributed by atoms with Crippen molar-refractivity contribution in [3.63, 3.8) is 0 Å². The summed E-state index contributed by atoms with van der Waals surface area (Å²) in [6.45, 7) is 0. The summed E-state index contributed by atoms with van der Waals surface area (Å²) in [4.78, 5) is 12.9. The first-order chi connectivity index (χ1) is 13.6. The van der Waals surface area contributed by atoms with E-state index in [-0.39, 0.29) is 5.56 Å². The zero-order chi connectivity index (χ0) is 19.3. The average molecular weight is 386 g/mol. The van der Waals surface area contributed by atoms with E-state index < -0.39 is 0 Å². The maximum absolute atomic E-state index is 12.9. The van der Waals surface area contributed by atoms with E-state index in [0.717, 1.165) is 33.5 Å². The van der Waals surface area contributed by atoms with Gasteiger partial charge in [-0.3, -0.25) is 9.36 Å². The molecule has 28 heavy (non-hydrogen) atoms. The summed E-state index contributed by atoms with van der Waals surface area (Å²) in [5.74, 6) is 0. The molecule has 5 heteroatoms. The molecule has 0 aliphatic heterocycles. The van der Waals surface area contributed by atoms with Gasteiger partial charge in [0.1, 0.15) is 5.65 Å². The van der Waals surface area contributed by atoms with Crippen molar-refractivity contribution >= 4 is 28.2 Å². The van der Waals surface area contributed by atoms with Crippen LogP contribution in [-0.4, -0.2) is 14.2 Å². The largest absolute Gasteiger partial charge is 0.296 e. The zero-order valence-corrected chi connectivity index (χ0v) is 15.9. The number of hydrogen-bond donors (Lipinski definition) is 0. The Morgan fingerprint density at radius 3 is 2.29 bits per heavy atom. The SMILES string of the molecule is Cn1c(=O)c2ccc(-c3ccc(Cl)cc3)cc2n2nc(-c3ccccc3)cc12. The first-order valence-corrected chi connectivity index (χ1v) is 9.33. The van der Waals surface area contributed by atoms with Crippen LogP contribution < -0.4 is 5.56 Å². The maximum Gasteiger partial charge on any atom is 0.261 e. The Kier molecular flexibility index (Phi) is 3.81. The minimum Gasteiger partial charge on any atom is -0.296 e. The summed E-state index contributed by atoms with van der Waals surface area (Å²) in [7, 11) is 1.78. The van der Waals surface area contributed by atoms with Gasteiger partial charge >= 0.3 is 0 Å². The molecule has 0 spiro atoms. The average Bonchev–Trinajstić information content (AvgIpc) is 3.19. The summed E-state index contributed by atoms with van der Waals surface area (Å²) >= 11 is 6.01. The Balaban J connectivity index is 1.81. The highest BCUT2D eigenvalue weighted by atomic mass is 35.5. The molecule has 0 aliphatic carbocycles. The summed E-state index contributed by atoms with van der Waals surface area (Å²) in [6.07, 6.45) is 0. The summed E-state index contributed by atoms with van der Waals surface area (Å²) in [5, 5.41) is 6.13. The third-order valence-electron chi connectivity index (χ3n) is 5.04. The molecule has 5 rings (SSSR count). The van der Waals surface area contributed by atoms with Crippen molar-refractivity contribution < 1.29 is 0 Å². The van der Waals surface area contributed by atoms with Crippen LogP contribution in [0.5, 0.6) is 0 Å². The van der Waals surface area contributed by atoms with E-state index in [9.17, 15) is 4.79 Å². The number of hydrogen-bond acceptors (Lipinski definition) is 2. The van der Waals surface area contributed by atoms with E-state index in [2.05, 4.69) is 0 Å². The predicted octanol–water partition coefficient (Wildman–Crippen LogP) is 5.17. The standard InChI is InChI=1S/C23H16ClN3O/c1-26-22-14-20(16-5-3-2-4-6-16)25-27(22)21-13-17(9-12-19(21)23(26)28)15-7-10-18(24)11-8-15/h2-14H,1H3. The smallest absolute Gasteiger partial charge is 0.261 e. The lowest BCUT2D eigenvalue weighted by atomic mass is 10.0. The molecule has 0 atom stereocenters. The molecular formula is C23H16ClN3O. The van der Waals surface area contributed by atoms with Gasteiger partial charge in [-0.2, -0.15) is 5.10 Å². The molecule has 0 radical (unpaired) electrons. The summed E-state index contributed by atoms with van der Waals surface area (Å²) < 4.78 is 3.49. The monoisotopic (exact) mass is 385 g/mol. The van der Waals surface area contributed by atoms with Crippen molar-refractivity contribution in [3.05, 3.63) is 94.2 Å². The normalized spacial score (nSPS) is 11.4. The van der Waals surface area contributed by atoms with E-state index in [1.54, 1.807) is 11.6 Å². The minimum atomic E-state index is -0.0373. The molecule has 4 nitrogen and oxygen atoms in total. The number of halogens is 1. The van der Waals surface area contributed by atoms with Crippen LogP contribution in [0.3, 0.4) is 0 Å². The van der Waals surface area contributed by atoms with Gasteiger partial charge in [0.15, 0.2) is 0 Å². The number of aryl methyl sites for hydroxylation is 1. The molecule has 0 bridgehead atoms. The van der Waals surface area contributed by atoms with Crippen molar-refractivity contribution in [1.29, 1.82) is 0 Å². The first kappa shape index (κ1) is 16.8. The van der Waals surface area contributed by atoms with Gasteiger partial charge in [0, 0.05) is 23.7 Å². The Bertz CT molecular complexity index is 1380. The van der Waals surface area contributed by atoms with Crippen LogP contribution in [0, 0.1) is 0 Å². The highest BCUT2D eigenvalue weighted by Gasteiger charge is 2.13. The van der Waals surface area contributed by atoms with Crippen molar-refractivity contribution in [2.75, 3.05) is 0 Å². The van der Waals surface area contributed by atoms with E-state index in [4.69, 9.17) is 16.7 Å². The fourth-order valence-corrected chi connectivity index (χ4v) is 3.66. The van der Waals surface area contributed by atoms with Crippen LogP contribution in [0.1, 0.15) is 0 Å². The Morgan fingerprint density at radius 2 is 1.54 bits per heavy atom. The predicted molar refractivity (Wildman–Crippen MR) is 114 cm³/mol. The fraction of sp³-hybridized carbons (Fsp3) is 0.0435. The molecule has 0 aliphatic rings. The van der Waals surface area contributed by atoms with Crippen LogP contribution in [0.4, 0.5) is 0 Å². The summed E-state index contributed by atoms with van der Waals surface area (Å²) in [5.41, 5.74) is 5.40. The van der Waals surface area contributed by atoms with Gasteiger partial charge in [-0.25, -0.2) is 4.52 Å². The second-order valence-corrected chi connectivity index (χ2v) is 7.21. The molecule has 0 saturated carbocycles. The second kappa shape index (κ2) is 6.36. The van der Waals surface area contributed by atoms with Crippen LogP contribution >= 0.6 is 11.6 Å². The van der Waals surface area contributed by atoms with E-state index >= 15 is 0 Å². The van der Waals surface area contributed by atoms with E-state index in [1.807, 2.05) is 83.4 Å². The molecule has 0 fully saturated rings. The van der Waals surface area contributed by atoms with Gasteiger partial charge in [-0.15, -0.1) is 0 Å². The lowest BCUT2D eigenvalue weighted by Gasteiger charge is -2.08. The maximum atomic E-state index is 12.9. The minimum absolute atomic E-state index is 0.0373. The van der Waals surface area contributed by atoms with Gasteiger partial charge in [-0.1, -0.05) is 60.1 Å². The molecular weight excluding hydrogens is 370 g/mol. The summed E-state index contributed by atoms with van der Waals surface area (Å²) in [6, 6.07) is 25.4. The number of benzene rings is 3. The quantitative estimate of drug-likeness (QED) is 0.420. The second-order valence-electron chi connectivity index (χ2n) is 6.77. The van der Waals surface area contributed by atoms with Crippen LogP contribution in [0.25, 0.3) is 38.9 Å². The van der Waals surface area contributed by atoms with Crippen LogP contribution in [0.2, 0.25) is 5.02 Å². The molecule has 2 heterocycles. The molecule has 0 N–H and O–H groups in total. The Morgan fingerprint density at radius 1 is 0.821 bits per heavy atom. The van der Waals surface area contributed by atoms with Gasteiger partial charge in [0.2, 0.25) is 0 Å². The van der Waals surface area contributed by atoms with Gasteiger partial charge in [0.25, 0.3) is 5.56 Å². The Hall–Kier alpha value is -3.37. The molecule has 0 amide bonds. The third-order valence-corrected chi connectivity index (χ3v) is 5.29. The number of fused-ring (bicyclic) bond motifs is 3. The highest BCUT2D eigenvalue weighted by molar-refractivity contribution is 6.30. The number of nitrogens with zero attached hydrogens (tertiary/aromatic N) is 3. The third kappa shape index (κ3) is 2.62. The number of aromatic nitrogens is 3. The van der Waals surface area contributed by atoms with Crippen LogP contribution in [-0.2, 0) is 7.05 Å².